The Kier molecular flexibility index (Phi) is 3.73. The molecule has 3 heterocycles. The molecule has 0 bridgehead atoms. The Morgan fingerprint density at radius 3 is 3.00 bits per heavy atom. The van der Waals surface area contributed by atoms with Gasteiger partial charge in [-0.3, -0.25) is 19.5 Å². The van der Waals surface area contributed by atoms with Crippen LogP contribution in [0.3, 0.4) is 0 Å². The summed E-state index contributed by atoms with van der Waals surface area (Å²) in [6, 6.07) is 8.42. The smallest absolute Gasteiger partial charge is 0.270 e. The summed E-state index contributed by atoms with van der Waals surface area (Å²) in [7, 11) is 0. The SMILES string of the molecule is CCc1cc2c(=O)n3c(nc2s1)C(=Cc1cccc([N+](=O)[O-])c1)CC3. The van der Waals surface area contributed by atoms with Crippen molar-refractivity contribution in [3.63, 3.8) is 0 Å². The Hall–Kier alpha value is -2.80. The molecular formula is C18H15N3O3S. The molecule has 0 aliphatic carbocycles. The van der Waals surface area contributed by atoms with Gasteiger partial charge >= 0.3 is 0 Å². The molecule has 1 aliphatic rings. The highest BCUT2D eigenvalue weighted by atomic mass is 32.1. The fourth-order valence-corrected chi connectivity index (χ4v) is 4.06. The fraction of sp³-hybridized carbons (Fsp3) is 0.222. The number of benzene rings is 1. The molecule has 4 rings (SSSR count). The molecule has 2 aromatic heterocycles. The monoisotopic (exact) mass is 353 g/mol. The molecular weight excluding hydrogens is 338 g/mol. The summed E-state index contributed by atoms with van der Waals surface area (Å²) in [5, 5.41) is 11.6. The number of thiophene rings is 1. The lowest BCUT2D eigenvalue weighted by Crippen LogP contribution is -2.19. The highest BCUT2D eigenvalue weighted by molar-refractivity contribution is 7.18. The topological polar surface area (TPSA) is 78.0 Å². The third kappa shape index (κ3) is 2.66. The van der Waals surface area contributed by atoms with E-state index in [1.807, 2.05) is 18.2 Å². The van der Waals surface area contributed by atoms with Crippen molar-refractivity contribution in [1.82, 2.24) is 9.55 Å². The lowest BCUT2D eigenvalue weighted by atomic mass is 10.1. The van der Waals surface area contributed by atoms with E-state index in [0.717, 1.165) is 27.3 Å². The van der Waals surface area contributed by atoms with Gasteiger partial charge < -0.3 is 0 Å². The minimum Gasteiger partial charge on any atom is -0.292 e. The third-order valence-electron chi connectivity index (χ3n) is 4.36. The van der Waals surface area contributed by atoms with Crippen LogP contribution >= 0.6 is 11.3 Å². The average Bonchev–Trinajstić information content (AvgIpc) is 3.20. The minimum absolute atomic E-state index is 0.00149. The second kappa shape index (κ2) is 5.93. The molecule has 0 fully saturated rings. The van der Waals surface area contributed by atoms with Crippen LogP contribution in [0.2, 0.25) is 0 Å². The summed E-state index contributed by atoms with van der Waals surface area (Å²) in [5.41, 5.74) is 1.73. The van der Waals surface area contributed by atoms with E-state index in [1.54, 1.807) is 22.0 Å². The van der Waals surface area contributed by atoms with E-state index in [9.17, 15) is 14.9 Å². The van der Waals surface area contributed by atoms with Gasteiger partial charge in [0.1, 0.15) is 10.7 Å². The maximum Gasteiger partial charge on any atom is 0.270 e. The molecule has 0 N–H and O–H groups in total. The summed E-state index contributed by atoms with van der Waals surface area (Å²) in [6.07, 6.45) is 3.47. The van der Waals surface area contributed by atoms with Gasteiger partial charge in [0, 0.05) is 23.6 Å². The Labute approximate surface area is 147 Å². The number of fused-ring (bicyclic) bond motifs is 2. The van der Waals surface area contributed by atoms with Gasteiger partial charge in [-0.1, -0.05) is 19.1 Å². The number of nitro groups is 1. The van der Waals surface area contributed by atoms with Crippen LogP contribution in [0.4, 0.5) is 5.69 Å². The lowest BCUT2D eigenvalue weighted by Gasteiger charge is -2.03. The summed E-state index contributed by atoms with van der Waals surface area (Å²) in [5.74, 6) is 0.675. The number of hydrogen-bond donors (Lipinski definition) is 0. The molecule has 126 valence electrons. The Bertz CT molecular complexity index is 1090. The van der Waals surface area contributed by atoms with E-state index in [0.29, 0.717) is 24.2 Å². The molecule has 6 nitrogen and oxygen atoms in total. The first kappa shape index (κ1) is 15.7. The molecule has 25 heavy (non-hydrogen) atoms. The largest absolute Gasteiger partial charge is 0.292 e. The Morgan fingerprint density at radius 2 is 2.24 bits per heavy atom. The van der Waals surface area contributed by atoms with Gasteiger partial charge in [-0.05, 0) is 36.1 Å². The number of rotatable bonds is 3. The predicted octanol–water partition coefficient (Wildman–Crippen LogP) is 3.87. The number of nitrogens with zero attached hydrogens (tertiary/aromatic N) is 3. The van der Waals surface area contributed by atoms with Crippen LogP contribution in [0, 0.1) is 10.1 Å². The van der Waals surface area contributed by atoms with Crippen LogP contribution in [-0.2, 0) is 13.0 Å². The van der Waals surface area contributed by atoms with Crippen molar-refractivity contribution in [3.8, 4) is 0 Å². The number of aryl methyl sites for hydroxylation is 1. The molecule has 0 saturated carbocycles. The first-order chi connectivity index (χ1) is 12.1. The first-order valence-electron chi connectivity index (χ1n) is 8.05. The standard InChI is InChI=1S/C18H15N3O3S/c1-2-14-10-15-17(25-14)19-16-12(6-7-20(16)18(15)22)8-11-4-3-5-13(9-11)21(23)24/h3-5,8-10H,2,6-7H2,1H3. The minimum atomic E-state index is -0.408. The number of allylic oxidation sites excluding steroid dienone is 1. The molecule has 0 amide bonds. The Morgan fingerprint density at radius 1 is 1.40 bits per heavy atom. The fourth-order valence-electron chi connectivity index (χ4n) is 3.10. The summed E-state index contributed by atoms with van der Waals surface area (Å²) in [6.45, 7) is 2.65. The van der Waals surface area contributed by atoms with Gasteiger partial charge in [0.05, 0.1) is 10.3 Å². The molecule has 3 aromatic rings. The van der Waals surface area contributed by atoms with E-state index in [4.69, 9.17) is 4.98 Å². The van der Waals surface area contributed by atoms with Crippen LogP contribution < -0.4 is 5.56 Å². The van der Waals surface area contributed by atoms with Crippen LogP contribution in [-0.4, -0.2) is 14.5 Å². The quantitative estimate of drug-likeness (QED) is 0.529. The summed E-state index contributed by atoms with van der Waals surface area (Å²) in [4.78, 5) is 29.8. The van der Waals surface area contributed by atoms with Crippen LogP contribution in [0.5, 0.6) is 0 Å². The molecule has 0 atom stereocenters. The maximum atomic E-state index is 12.7. The van der Waals surface area contributed by atoms with E-state index < -0.39 is 4.92 Å². The molecule has 0 unspecified atom stereocenters. The zero-order valence-electron chi connectivity index (χ0n) is 13.6. The highest BCUT2D eigenvalue weighted by Crippen LogP contribution is 2.30. The van der Waals surface area contributed by atoms with Crippen molar-refractivity contribution >= 4 is 38.9 Å². The van der Waals surface area contributed by atoms with E-state index in [-0.39, 0.29) is 11.2 Å². The van der Waals surface area contributed by atoms with Crippen LogP contribution in [0.1, 0.15) is 29.6 Å². The maximum absolute atomic E-state index is 12.7. The molecule has 0 radical (unpaired) electrons. The van der Waals surface area contributed by atoms with Crippen molar-refractivity contribution < 1.29 is 4.92 Å². The summed E-state index contributed by atoms with van der Waals surface area (Å²) >= 11 is 1.55. The van der Waals surface area contributed by atoms with Gasteiger partial charge in [0.15, 0.2) is 0 Å². The molecule has 7 heteroatoms. The van der Waals surface area contributed by atoms with Crippen molar-refractivity contribution in [2.45, 2.75) is 26.3 Å². The second-order valence-corrected chi connectivity index (χ2v) is 7.06. The van der Waals surface area contributed by atoms with E-state index >= 15 is 0 Å². The molecule has 1 aromatic carbocycles. The van der Waals surface area contributed by atoms with Gasteiger partial charge in [-0.25, -0.2) is 4.98 Å². The van der Waals surface area contributed by atoms with Gasteiger partial charge in [0.25, 0.3) is 11.2 Å². The van der Waals surface area contributed by atoms with Gasteiger partial charge in [0.2, 0.25) is 0 Å². The predicted molar refractivity (Wildman–Crippen MR) is 98.8 cm³/mol. The third-order valence-corrected chi connectivity index (χ3v) is 5.54. The van der Waals surface area contributed by atoms with Gasteiger partial charge in [-0.2, -0.15) is 0 Å². The number of aromatic nitrogens is 2. The van der Waals surface area contributed by atoms with Crippen molar-refractivity contribution in [1.29, 1.82) is 0 Å². The van der Waals surface area contributed by atoms with Crippen molar-refractivity contribution in [2.75, 3.05) is 0 Å². The van der Waals surface area contributed by atoms with Crippen molar-refractivity contribution in [2.24, 2.45) is 0 Å². The van der Waals surface area contributed by atoms with E-state index in [1.165, 1.54) is 12.1 Å². The van der Waals surface area contributed by atoms with Crippen LogP contribution in [0.25, 0.3) is 21.9 Å². The molecule has 0 saturated heterocycles. The number of nitro benzene ring substituents is 1. The summed E-state index contributed by atoms with van der Waals surface area (Å²) < 4.78 is 1.71. The first-order valence-corrected chi connectivity index (χ1v) is 8.87. The average molecular weight is 353 g/mol. The Balaban J connectivity index is 1.84. The highest BCUT2D eigenvalue weighted by Gasteiger charge is 2.22. The second-order valence-electron chi connectivity index (χ2n) is 5.95. The van der Waals surface area contributed by atoms with E-state index in [2.05, 4.69) is 6.92 Å². The zero-order chi connectivity index (χ0) is 17.6. The van der Waals surface area contributed by atoms with Crippen LogP contribution in [0.15, 0.2) is 35.1 Å². The zero-order valence-corrected chi connectivity index (χ0v) is 14.4. The van der Waals surface area contributed by atoms with Gasteiger partial charge in [-0.15, -0.1) is 11.3 Å². The van der Waals surface area contributed by atoms with Crippen molar-refractivity contribution in [3.05, 3.63) is 67.1 Å². The molecule has 0 spiro atoms. The number of non-ortho nitro benzene ring substituents is 1. The lowest BCUT2D eigenvalue weighted by molar-refractivity contribution is -0.384. The molecule has 1 aliphatic heterocycles. The number of hydrogen-bond acceptors (Lipinski definition) is 5. The normalized spacial score (nSPS) is 15.0.